The minimum absolute atomic E-state index is 0.106. The minimum Gasteiger partial charge on any atom is -0.465 e. The third-order valence-electron chi connectivity index (χ3n) is 4.82. The van der Waals surface area contributed by atoms with Crippen LogP contribution in [-0.2, 0) is 19.1 Å². The summed E-state index contributed by atoms with van der Waals surface area (Å²) in [6.45, 7) is 15.5. The van der Waals surface area contributed by atoms with Crippen molar-refractivity contribution in [3.8, 4) is 0 Å². The second-order valence-electron chi connectivity index (χ2n) is 9.71. The maximum atomic E-state index is 11.8. The van der Waals surface area contributed by atoms with Crippen molar-refractivity contribution in [1.82, 2.24) is 0 Å². The highest BCUT2D eigenvalue weighted by Crippen LogP contribution is 2.48. The van der Waals surface area contributed by atoms with E-state index in [0.717, 1.165) is 6.42 Å². The summed E-state index contributed by atoms with van der Waals surface area (Å²) >= 11 is 0. The molecule has 0 amide bonds. The van der Waals surface area contributed by atoms with Crippen LogP contribution in [0.1, 0.15) is 61.8 Å². The van der Waals surface area contributed by atoms with E-state index in [2.05, 4.69) is 6.92 Å². The summed E-state index contributed by atoms with van der Waals surface area (Å²) in [6.07, 6.45) is 0.422. The first kappa shape index (κ1) is 21.9. The lowest BCUT2D eigenvalue weighted by molar-refractivity contribution is -0.155. The molecule has 5 heteroatoms. The molecule has 25 heavy (non-hydrogen) atoms. The van der Waals surface area contributed by atoms with Crippen molar-refractivity contribution >= 4 is 11.9 Å². The topological polar surface area (TPSA) is 72.8 Å². The molecule has 0 aromatic heterocycles. The van der Waals surface area contributed by atoms with Crippen molar-refractivity contribution < 1.29 is 24.2 Å². The molecular weight excluding hydrogens is 320 g/mol. The van der Waals surface area contributed by atoms with E-state index in [1.54, 1.807) is 0 Å². The summed E-state index contributed by atoms with van der Waals surface area (Å²) in [7, 11) is 0. The molecule has 0 heterocycles. The van der Waals surface area contributed by atoms with Gasteiger partial charge in [-0.2, -0.15) is 0 Å². The van der Waals surface area contributed by atoms with Gasteiger partial charge in [0.15, 0.2) is 0 Å². The molecule has 0 spiro atoms. The van der Waals surface area contributed by atoms with Gasteiger partial charge in [-0.25, -0.2) is 0 Å². The van der Waals surface area contributed by atoms with Crippen LogP contribution in [0.3, 0.4) is 0 Å². The number of hydrogen-bond acceptors (Lipinski definition) is 5. The van der Waals surface area contributed by atoms with Crippen LogP contribution in [0.25, 0.3) is 0 Å². The third-order valence-corrected chi connectivity index (χ3v) is 4.82. The Morgan fingerprint density at radius 2 is 1.36 bits per heavy atom. The Labute approximate surface area is 152 Å². The van der Waals surface area contributed by atoms with Crippen molar-refractivity contribution in [2.24, 2.45) is 34.5 Å². The predicted molar refractivity (Wildman–Crippen MR) is 96.8 cm³/mol. The summed E-state index contributed by atoms with van der Waals surface area (Å²) in [4.78, 5) is 23.7. The average molecular weight is 357 g/mol. The van der Waals surface area contributed by atoms with Crippen molar-refractivity contribution in [2.75, 3.05) is 13.2 Å². The maximum absolute atomic E-state index is 11.8. The molecule has 0 radical (unpaired) electrons. The molecule has 1 saturated carbocycles. The fourth-order valence-corrected chi connectivity index (χ4v) is 2.77. The molecule has 0 aliphatic heterocycles. The normalized spacial score (nSPS) is 24.2. The molecule has 0 aromatic carbocycles. The number of aliphatic hydroxyl groups is 1. The van der Waals surface area contributed by atoms with E-state index >= 15 is 0 Å². The Morgan fingerprint density at radius 1 is 0.920 bits per heavy atom. The molecule has 1 N–H and O–H groups in total. The Morgan fingerprint density at radius 3 is 1.80 bits per heavy atom. The first-order chi connectivity index (χ1) is 11.2. The molecule has 0 unspecified atom stereocenters. The first-order valence-corrected chi connectivity index (χ1v) is 9.27. The predicted octanol–water partition coefficient (Wildman–Crippen LogP) is 3.43. The number of hydrogen-bond donors (Lipinski definition) is 1. The molecule has 0 aromatic rings. The highest BCUT2D eigenvalue weighted by Gasteiger charge is 2.47. The zero-order chi connectivity index (χ0) is 19.6. The third kappa shape index (κ3) is 6.61. The van der Waals surface area contributed by atoms with Gasteiger partial charge in [-0.15, -0.1) is 0 Å². The van der Waals surface area contributed by atoms with Gasteiger partial charge >= 0.3 is 11.9 Å². The highest BCUT2D eigenvalue weighted by atomic mass is 16.5. The molecule has 0 saturated heterocycles. The van der Waals surface area contributed by atoms with Crippen molar-refractivity contribution in [3.05, 3.63) is 0 Å². The molecule has 1 aliphatic rings. The molecule has 1 fully saturated rings. The van der Waals surface area contributed by atoms with Crippen molar-refractivity contribution in [1.29, 1.82) is 0 Å². The van der Waals surface area contributed by atoms with E-state index in [1.165, 1.54) is 0 Å². The molecule has 0 bridgehead atoms. The van der Waals surface area contributed by atoms with Gasteiger partial charge in [-0.05, 0) is 65.7 Å². The van der Waals surface area contributed by atoms with Gasteiger partial charge in [0.2, 0.25) is 0 Å². The lowest BCUT2D eigenvalue weighted by Gasteiger charge is -2.23. The standard InChI is InChI=1S/C20H36O5/c1-12(10-24-17(22)19(3,4)5)14-9-15(14)16(21)13(2)11-25-18(23)20(6,7)8/h12-16,21H,9-11H2,1-8H3/t12-,13+,14+,15+,16+/m0/s1. The number of esters is 2. The molecule has 5 atom stereocenters. The summed E-state index contributed by atoms with van der Waals surface area (Å²) < 4.78 is 10.7. The van der Waals surface area contributed by atoms with Gasteiger partial charge in [0.05, 0.1) is 30.1 Å². The van der Waals surface area contributed by atoms with Gasteiger partial charge in [0.1, 0.15) is 0 Å². The van der Waals surface area contributed by atoms with E-state index in [4.69, 9.17) is 9.47 Å². The molecular formula is C20H36O5. The summed E-state index contributed by atoms with van der Waals surface area (Å²) in [5, 5.41) is 10.5. The van der Waals surface area contributed by atoms with Crippen LogP contribution in [-0.4, -0.2) is 36.4 Å². The van der Waals surface area contributed by atoms with Gasteiger partial charge in [-0.1, -0.05) is 13.8 Å². The quantitative estimate of drug-likeness (QED) is 0.708. The first-order valence-electron chi connectivity index (χ1n) is 9.27. The Bertz CT molecular complexity index is 471. The van der Waals surface area contributed by atoms with E-state index in [0.29, 0.717) is 12.5 Å². The van der Waals surface area contributed by atoms with Gasteiger partial charge < -0.3 is 14.6 Å². The van der Waals surface area contributed by atoms with E-state index < -0.39 is 16.9 Å². The zero-order valence-corrected chi connectivity index (χ0v) is 17.1. The molecule has 1 aliphatic carbocycles. The van der Waals surface area contributed by atoms with Crippen LogP contribution >= 0.6 is 0 Å². The van der Waals surface area contributed by atoms with Crippen LogP contribution in [0.4, 0.5) is 0 Å². The van der Waals surface area contributed by atoms with Crippen LogP contribution in [0.15, 0.2) is 0 Å². The lowest BCUT2D eigenvalue weighted by atomic mass is 9.95. The molecule has 5 nitrogen and oxygen atoms in total. The summed E-state index contributed by atoms with van der Waals surface area (Å²) in [6, 6.07) is 0. The Balaban J connectivity index is 2.38. The monoisotopic (exact) mass is 356 g/mol. The smallest absolute Gasteiger partial charge is 0.311 e. The molecule has 1 rings (SSSR count). The maximum Gasteiger partial charge on any atom is 0.311 e. The van der Waals surface area contributed by atoms with Gasteiger partial charge in [0.25, 0.3) is 0 Å². The number of rotatable bonds is 7. The fourth-order valence-electron chi connectivity index (χ4n) is 2.77. The minimum atomic E-state index is -0.530. The SMILES string of the molecule is C[C@H](COC(=O)C(C)(C)C)[C@@H](O)[C@@H]1C[C@@H]1[C@@H](C)COC(=O)C(C)(C)C. The van der Waals surface area contributed by atoms with Crippen molar-refractivity contribution in [3.63, 3.8) is 0 Å². The Hall–Kier alpha value is -1.10. The largest absolute Gasteiger partial charge is 0.465 e. The van der Waals surface area contributed by atoms with E-state index in [1.807, 2.05) is 48.5 Å². The Kier molecular flexibility index (Phi) is 7.08. The average Bonchev–Trinajstić information content (AvgIpc) is 3.27. The highest BCUT2D eigenvalue weighted by molar-refractivity contribution is 5.75. The van der Waals surface area contributed by atoms with Crippen LogP contribution < -0.4 is 0 Å². The van der Waals surface area contributed by atoms with Crippen molar-refractivity contribution in [2.45, 2.75) is 67.9 Å². The van der Waals surface area contributed by atoms with Crippen LogP contribution in [0.2, 0.25) is 0 Å². The lowest BCUT2D eigenvalue weighted by Crippen LogP contribution is -2.30. The van der Waals surface area contributed by atoms with E-state index in [-0.39, 0.29) is 36.3 Å². The number of ether oxygens (including phenoxy) is 2. The second kappa shape index (κ2) is 8.07. The number of aliphatic hydroxyl groups excluding tert-OH is 1. The summed E-state index contributed by atoms with van der Waals surface area (Å²) in [5.74, 6) is 0.206. The number of carbonyl (C=O) groups excluding carboxylic acids is 2. The molecule has 146 valence electrons. The fraction of sp³-hybridized carbons (Fsp3) is 0.900. The van der Waals surface area contributed by atoms with Gasteiger partial charge in [0, 0.05) is 5.92 Å². The summed E-state index contributed by atoms with van der Waals surface area (Å²) in [5.41, 5.74) is -1.02. The zero-order valence-electron chi connectivity index (χ0n) is 17.1. The van der Waals surface area contributed by atoms with E-state index in [9.17, 15) is 14.7 Å². The number of carbonyl (C=O) groups is 2. The second-order valence-corrected chi connectivity index (χ2v) is 9.71. The van der Waals surface area contributed by atoms with Gasteiger partial charge in [-0.3, -0.25) is 9.59 Å². The van der Waals surface area contributed by atoms with Crippen LogP contribution in [0.5, 0.6) is 0 Å². The van der Waals surface area contributed by atoms with Crippen LogP contribution in [0, 0.1) is 34.5 Å².